The Bertz CT molecular complexity index is 3420. The summed E-state index contributed by atoms with van der Waals surface area (Å²) in [6.45, 7) is 6.81. The largest absolute Gasteiger partial charge is 0.454 e. The van der Waals surface area contributed by atoms with E-state index in [0.717, 1.165) is 67.5 Å². The summed E-state index contributed by atoms with van der Waals surface area (Å²) in [5.74, 6) is 1.47. The Balaban J connectivity index is 1.16. The summed E-state index contributed by atoms with van der Waals surface area (Å²) in [7, 11) is 0. The molecule has 0 spiro atoms. The first-order valence-corrected chi connectivity index (χ1v) is 21.8. The van der Waals surface area contributed by atoms with Gasteiger partial charge in [0.05, 0.1) is 11.4 Å². The molecule has 5 heterocycles. The third kappa shape index (κ3) is 4.95. The number of rotatable bonds is 2. The van der Waals surface area contributed by atoms with Crippen LogP contribution >= 0.6 is 11.3 Å². The molecular weight excluding hydrogens is 765 g/mol. The van der Waals surface area contributed by atoms with E-state index in [1.54, 1.807) is 0 Å². The fourth-order valence-corrected chi connectivity index (χ4v) is 11.3. The van der Waals surface area contributed by atoms with Gasteiger partial charge in [0.2, 0.25) is 0 Å². The molecule has 0 aliphatic carbocycles. The van der Waals surface area contributed by atoms with Crippen LogP contribution in [0.5, 0.6) is 11.5 Å². The predicted octanol–water partition coefficient (Wildman–Crippen LogP) is 13.8. The molecule has 0 atom stereocenters. The molecule has 0 radical (unpaired) electrons. The summed E-state index contributed by atoms with van der Waals surface area (Å²) in [5, 5.41) is 3.39. The van der Waals surface area contributed by atoms with E-state index in [1.165, 1.54) is 42.7 Å². The molecular formula is C54H38BN3O2S. The maximum absolute atomic E-state index is 7.24. The minimum absolute atomic E-state index is 0.0244. The van der Waals surface area contributed by atoms with Gasteiger partial charge in [0, 0.05) is 59.8 Å². The summed E-state index contributed by atoms with van der Waals surface area (Å²) in [4.78, 5) is 7.27. The molecule has 3 aliphatic heterocycles. The Labute approximate surface area is 358 Å². The van der Waals surface area contributed by atoms with Crippen molar-refractivity contribution >= 4 is 117 Å². The number of hydrogen-bond donors (Lipinski definition) is 0. The standard InChI is InChI=1S/C54H38BN3O2S/c1-54(2,3)33-24-26-35(27-25-33)57-42-19-13-20-43-49(42)55(53-50(57)39-17-8-12-23-48(39)61-53)40-30-28-36-32-44(40)58(43)51-47(31-29-38-37-16-7-10-21-45(37)60-52(38)51)59-46-22-11-9-18-41(46)56(36)34-14-5-4-6-15-34/h4-32H,1-3H3. The van der Waals surface area contributed by atoms with Crippen LogP contribution in [0.1, 0.15) is 26.3 Å². The van der Waals surface area contributed by atoms with E-state index >= 15 is 0 Å². The quantitative estimate of drug-likeness (QED) is 0.163. The van der Waals surface area contributed by atoms with Crippen LogP contribution in [0.15, 0.2) is 180 Å². The van der Waals surface area contributed by atoms with Gasteiger partial charge in [-0.05, 0) is 107 Å². The van der Waals surface area contributed by atoms with Gasteiger partial charge in [-0.3, -0.25) is 0 Å². The second-order valence-corrected chi connectivity index (χ2v) is 18.4. The van der Waals surface area contributed by atoms with Crippen LogP contribution < -0.4 is 35.1 Å². The van der Waals surface area contributed by atoms with Crippen LogP contribution in [0.25, 0.3) is 32.0 Å². The van der Waals surface area contributed by atoms with Gasteiger partial charge in [0.15, 0.2) is 17.1 Å². The summed E-state index contributed by atoms with van der Waals surface area (Å²) in [6.07, 6.45) is 0. The van der Waals surface area contributed by atoms with Gasteiger partial charge in [-0.2, -0.15) is 0 Å². The van der Waals surface area contributed by atoms with Gasteiger partial charge in [0.1, 0.15) is 11.3 Å². The van der Waals surface area contributed by atoms with Gasteiger partial charge in [-0.25, -0.2) is 0 Å². The summed E-state index contributed by atoms with van der Waals surface area (Å²) < 4.78 is 16.8. The third-order valence-electron chi connectivity index (χ3n) is 12.8. The Morgan fingerprint density at radius 3 is 2.02 bits per heavy atom. The fourth-order valence-electron chi connectivity index (χ4n) is 10.0. The predicted molar refractivity (Wildman–Crippen MR) is 257 cm³/mol. The molecule has 2 aromatic heterocycles. The molecule has 61 heavy (non-hydrogen) atoms. The average molecular weight is 804 g/mol. The van der Waals surface area contributed by atoms with Crippen molar-refractivity contribution < 1.29 is 9.15 Å². The van der Waals surface area contributed by atoms with Gasteiger partial charge >= 0.3 is 0 Å². The second-order valence-electron chi connectivity index (χ2n) is 17.3. The van der Waals surface area contributed by atoms with E-state index in [-0.39, 0.29) is 12.1 Å². The molecule has 5 nitrogen and oxygen atoms in total. The van der Waals surface area contributed by atoms with Gasteiger partial charge in [-0.1, -0.05) is 112 Å². The summed E-state index contributed by atoms with van der Waals surface area (Å²) in [6, 6.07) is 63.6. The zero-order valence-electron chi connectivity index (χ0n) is 33.9. The number of nitrogens with zero attached hydrogens (tertiary/aromatic N) is 3. The van der Waals surface area contributed by atoms with E-state index in [2.05, 4.69) is 199 Å². The SMILES string of the molecule is CC(C)(C)c1ccc(N2c3cccc4c3B(c3ccc5cc3N4c3c(ccc4c3oc3ccccc34)Oc3ccccc3N5c3ccccc3)c3sc4ccccc4c32)cc1. The van der Waals surface area contributed by atoms with Crippen molar-refractivity contribution in [3.8, 4) is 11.5 Å². The molecule has 3 aliphatic rings. The number of fused-ring (bicyclic) bond motifs is 14. The molecule has 7 heteroatoms. The van der Waals surface area contributed by atoms with Gasteiger partial charge in [-0.15, -0.1) is 11.3 Å². The lowest BCUT2D eigenvalue weighted by atomic mass is 9.36. The Morgan fingerprint density at radius 2 is 1.18 bits per heavy atom. The number of benzene rings is 8. The first-order valence-electron chi connectivity index (χ1n) is 21.0. The normalized spacial score (nSPS) is 13.8. The smallest absolute Gasteiger partial charge is 0.264 e. The molecule has 2 bridgehead atoms. The lowest BCUT2D eigenvalue weighted by Crippen LogP contribution is -2.60. The van der Waals surface area contributed by atoms with E-state index < -0.39 is 0 Å². The van der Waals surface area contributed by atoms with Crippen molar-refractivity contribution in [3.05, 3.63) is 181 Å². The highest BCUT2D eigenvalue weighted by molar-refractivity contribution is 7.33. The molecule has 0 N–H and O–H groups in total. The van der Waals surface area contributed by atoms with Gasteiger partial charge < -0.3 is 23.9 Å². The lowest BCUT2D eigenvalue weighted by molar-refractivity contribution is 0.484. The van der Waals surface area contributed by atoms with Crippen LogP contribution in [-0.4, -0.2) is 6.71 Å². The average Bonchev–Trinajstić information content (AvgIpc) is 3.86. The van der Waals surface area contributed by atoms with Crippen molar-refractivity contribution in [2.75, 3.05) is 14.7 Å². The first-order chi connectivity index (χ1) is 29.9. The molecule has 0 saturated heterocycles. The van der Waals surface area contributed by atoms with Crippen LogP contribution in [0.4, 0.5) is 51.2 Å². The number of furan rings is 1. The monoisotopic (exact) mass is 803 g/mol. The maximum atomic E-state index is 7.24. The highest BCUT2D eigenvalue weighted by Gasteiger charge is 2.46. The maximum Gasteiger partial charge on any atom is 0.264 e. The van der Waals surface area contributed by atoms with Crippen molar-refractivity contribution in [1.29, 1.82) is 0 Å². The molecule has 10 aromatic rings. The molecule has 0 unspecified atom stereocenters. The van der Waals surface area contributed by atoms with E-state index in [4.69, 9.17) is 9.15 Å². The number of anilines is 9. The zero-order chi connectivity index (χ0) is 40.6. The van der Waals surface area contributed by atoms with Crippen molar-refractivity contribution in [2.24, 2.45) is 0 Å². The fraction of sp³-hybridized carbons (Fsp3) is 0.0741. The van der Waals surface area contributed by atoms with Crippen LogP contribution in [0.2, 0.25) is 0 Å². The number of para-hydroxylation sites is 4. The minimum Gasteiger partial charge on any atom is -0.454 e. The van der Waals surface area contributed by atoms with Crippen LogP contribution in [0.3, 0.4) is 0 Å². The Kier molecular flexibility index (Phi) is 7.18. The number of hydrogen-bond acceptors (Lipinski definition) is 6. The summed E-state index contributed by atoms with van der Waals surface area (Å²) >= 11 is 1.91. The van der Waals surface area contributed by atoms with E-state index in [1.807, 2.05) is 23.5 Å². The lowest BCUT2D eigenvalue weighted by Gasteiger charge is -2.44. The Hall–Kier alpha value is -7.22. The Morgan fingerprint density at radius 1 is 0.492 bits per heavy atom. The topological polar surface area (TPSA) is 32.1 Å². The number of ether oxygens (including phenoxy) is 1. The minimum atomic E-state index is -0.0244. The molecule has 8 aromatic carbocycles. The second kappa shape index (κ2) is 12.6. The highest BCUT2D eigenvalue weighted by atomic mass is 32.1. The highest BCUT2D eigenvalue weighted by Crippen LogP contribution is 2.54. The molecule has 13 rings (SSSR count). The van der Waals surface area contributed by atoms with Crippen molar-refractivity contribution in [1.82, 2.24) is 0 Å². The van der Waals surface area contributed by atoms with E-state index in [9.17, 15) is 0 Å². The summed E-state index contributed by atoms with van der Waals surface area (Å²) in [5.41, 5.74) is 15.2. The molecule has 0 saturated carbocycles. The van der Waals surface area contributed by atoms with Crippen LogP contribution in [0, 0.1) is 0 Å². The van der Waals surface area contributed by atoms with Crippen molar-refractivity contribution in [3.63, 3.8) is 0 Å². The third-order valence-corrected chi connectivity index (χ3v) is 14.0. The van der Waals surface area contributed by atoms with Crippen molar-refractivity contribution in [2.45, 2.75) is 26.2 Å². The molecule has 0 amide bonds. The van der Waals surface area contributed by atoms with E-state index in [0.29, 0.717) is 5.75 Å². The molecule has 0 fully saturated rings. The van der Waals surface area contributed by atoms with Crippen LogP contribution in [-0.2, 0) is 5.41 Å². The molecule has 290 valence electrons. The zero-order valence-corrected chi connectivity index (χ0v) is 34.7. The van der Waals surface area contributed by atoms with Gasteiger partial charge in [0.25, 0.3) is 6.71 Å². The first kappa shape index (κ1) is 34.6. The number of thiophene rings is 1.